The van der Waals surface area contributed by atoms with Gasteiger partial charge in [-0.15, -0.1) is 0 Å². The lowest BCUT2D eigenvalue weighted by atomic mass is 9.83. The number of carbonyl (C=O) groups is 2. The van der Waals surface area contributed by atoms with Crippen molar-refractivity contribution in [2.24, 2.45) is 10.1 Å². The van der Waals surface area contributed by atoms with E-state index in [9.17, 15) is 15.1 Å². The largest absolute Gasteiger partial charge is 0.494 e. The van der Waals surface area contributed by atoms with Gasteiger partial charge in [0.05, 0.1) is 6.61 Å². The second-order valence-corrected chi connectivity index (χ2v) is 12.3. The van der Waals surface area contributed by atoms with E-state index in [-0.39, 0.29) is 31.0 Å². The summed E-state index contributed by atoms with van der Waals surface area (Å²) in [5, 5.41) is 13.5. The number of carbonyl (C=O) groups excluding carboxylic acids is 2. The normalized spacial score (nSPS) is 17.2. The summed E-state index contributed by atoms with van der Waals surface area (Å²) in [6.07, 6.45) is -0.230. The average molecular weight is 663 g/mol. The van der Waals surface area contributed by atoms with Crippen LogP contribution in [-0.4, -0.2) is 53.8 Å². The van der Waals surface area contributed by atoms with Crippen LogP contribution < -0.4 is 15.6 Å². The van der Waals surface area contributed by atoms with Crippen LogP contribution in [0.25, 0.3) is 10.4 Å². The summed E-state index contributed by atoms with van der Waals surface area (Å²) in [5.74, 6) is -0.310. The van der Waals surface area contributed by atoms with Crippen molar-refractivity contribution in [3.05, 3.63) is 105 Å². The number of amides is 1. The van der Waals surface area contributed by atoms with Gasteiger partial charge in [-0.05, 0) is 81.1 Å². The van der Waals surface area contributed by atoms with Crippen LogP contribution in [0.5, 0.6) is 5.75 Å². The Labute approximate surface area is 278 Å². The molecule has 3 aromatic carbocycles. The Balaban J connectivity index is 1.70. The maximum absolute atomic E-state index is 14.3. The number of esters is 1. The number of hydrogen-bond donors (Lipinski definition) is 3. The van der Waals surface area contributed by atoms with Crippen LogP contribution in [0.3, 0.4) is 0 Å². The van der Waals surface area contributed by atoms with E-state index in [1.165, 1.54) is 0 Å². The molecule has 0 saturated carbocycles. The molecular formula is C34H39ClN6O6. The number of ether oxygens (including phenoxy) is 3. The third-order valence-electron chi connectivity index (χ3n) is 7.16. The molecule has 0 fully saturated rings. The minimum absolute atomic E-state index is 0.0182. The molecule has 47 heavy (non-hydrogen) atoms. The van der Waals surface area contributed by atoms with Gasteiger partial charge in [0.15, 0.2) is 11.6 Å². The van der Waals surface area contributed by atoms with E-state index >= 15 is 0 Å². The molecule has 0 spiro atoms. The summed E-state index contributed by atoms with van der Waals surface area (Å²) >= 11 is 6.12. The predicted molar refractivity (Wildman–Crippen MR) is 178 cm³/mol. The fourth-order valence-corrected chi connectivity index (χ4v) is 5.24. The number of aliphatic hydroxyl groups excluding tert-OH is 1. The third-order valence-corrected chi connectivity index (χ3v) is 7.40. The minimum atomic E-state index is -1.67. The Bertz CT molecular complexity index is 1620. The van der Waals surface area contributed by atoms with Gasteiger partial charge in [0.2, 0.25) is 5.90 Å². The molecule has 0 unspecified atom stereocenters. The van der Waals surface area contributed by atoms with Crippen LogP contribution >= 0.6 is 11.6 Å². The number of nitrogens with zero attached hydrogens (tertiary/aromatic N) is 4. The van der Waals surface area contributed by atoms with Gasteiger partial charge < -0.3 is 19.3 Å². The van der Waals surface area contributed by atoms with Gasteiger partial charge in [0.1, 0.15) is 11.4 Å². The molecule has 12 nitrogen and oxygen atoms in total. The van der Waals surface area contributed by atoms with Gasteiger partial charge in [-0.2, -0.15) is 0 Å². The second kappa shape index (κ2) is 16.3. The number of hydrazine groups is 1. The Hall–Kier alpha value is -4.61. The molecule has 13 heteroatoms. The summed E-state index contributed by atoms with van der Waals surface area (Å²) in [7, 11) is 0. The molecule has 1 aliphatic rings. The van der Waals surface area contributed by atoms with Crippen LogP contribution in [0.2, 0.25) is 5.02 Å². The summed E-state index contributed by atoms with van der Waals surface area (Å²) in [6.45, 7) is 6.05. The van der Waals surface area contributed by atoms with Gasteiger partial charge in [-0.3, -0.25) is 15.0 Å². The van der Waals surface area contributed by atoms with E-state index in [0.29, 0.717) is 47.9 Å². The summed E-state index contributed by atoms with van der Waals surface area (Å²) in [4.78, 5) is 35.1. The third kappa shape index (κ3) is 9.69. The summed E-state index contributed by atoms with van der Waals surface area (Å²) in [6, 6.07) is 21.2. The molecule has 1 heterocycles. The maximum Gasteiger partial charge on any atom is 0.306 e. The van der Waals surface area contributed by atoms with Crippen molar-refractivity contribution in [1.29, 1.82) is 0 Å². The first-order valence-corrected chi connectivity index (χ1v) is 15.7. The van der Waals surface area contributed by atoms with E-state index in [1.807, 2.05) is 18.2 Å². The van der Waals surface area contributed by atoms with Crippen molar-refractivity contribution in [2.45, 2.75) is 63.7 Å². The molecule has 0 saturated heterocycles. The van der Waals surface area contributed by atoms with E-state index in [1.54, 1.807) is 75.4 Å². The van der Waals surface area contributed by atoms with Gasteiger partial charge in [0.25, 0.3) is 5.91 Å². The van der Waals surface area contributed by atoms with Crippen molar-refractivity contribution in [3.63, 3.8) is 0 Å². The minimum Gasteiger partial charge on any atom is -0.494 e. The maximum atomic E-state index is 14.3. The number of azide groups is 1. The molecule has 0 aliphatic carbocycles. The molecule has 4 rings (SSSR count). The van der Waals surface area contributed by atoms with Gasteiger partial charge in [-0.25, -0.2) is 10.4 Å². The monoisotopic (exact) mass is 662 g/mol. The van der Waals surface area contributed by atoms with Gasteiger partial charge in [-0.1, -0.05) is 53.1 Å². The van der Waals surface area contributed by atoms with Crippen molar-refractivity contribution in [3.8, 4) is 5.75 Å². The molecule has 3 aromatic rings. The molecule has 0 radical (unpaired) electrons. The van der Waals surface area contributed by atoms with Crippen molar-refractivity contribution >= 4 is 35.1 Å². The second-order valence-electron chi connectivity index (χ2n) is 11.9. The van der Waals surface area contributed by atoms with Crippen molar-refractivity contribution < 1.29 is 28.9 Å². The molecular weight excluding hydrogens is 624 g/mol. The average Bonchev–Trinajstić information content (AvgIpc) is 3.43. The van der Waals surface area contributed by atoms with Crippen LogP contribution in [0.1, 0.15) is 62.8 Å². The first-order valence-electron chi connectivity index (χ1n) is 15.3. The first kappa shape index (κ1) is 35.2. The number of benzene rings is 3. The van der Waals surface area contributed by atoms with Crippen molar-refractivity contribution in [2.75, 3.05) is 19.8 Å². The lowest BCUT2D eigenvalue weighted by molar-refractivity contribution is -0.155. The number of nitrogens with one attached hydrogen (secondary N) is 2. The molecule has 248 valence electrons. The zero-order valence-corrected chi connectivity index (χ0v) is 27.4. The lowest BCUT2D eigenvalue weighted by Gasteiger charge is -2.31. The van der Waals surface area contributed by atoms with E-state index in [4.69, 9.17) is 35.9 Å². The number of aliphatic hydroxyl groups is 1. The van der Waals surface area contributed by atoms with Crippen LogP contribution in [0.4, 0.5) is 5.69 Å². The van der Waals surface area contributed by atoms with Gasteiger partial charge in [0, 0.05) is 52.7 Å². The molecule has 0 bridgehead atoms. The summed E-state index contributed by atoms with van der Waals surface area (Å²) in [5.41, 5.74) is 14.9. The molecule has 2 atom stereocenters. The number of halogens is 1. The SMILES string of the molecule is CC(C)(C)OC(=O)CC[C@]1(C(=O)NNCCc2cccc(Cl)c2)N=C(c2ccc(OCCCO)cc2)O[C@H]1c1ccccc1N=[N+]=[N-]. The Morgan fingerprint density at radius 3 is 2.60 bits per heavy atom. The predicted octanol–water partition coefficient (Wildman–Crippen LogP) is 6.29. The molecule has 1 amide bonds. The number of hydrogen-bond acceptors (Lipinski definition) is 9. The fourth-order valence-electron chi connectivity index (χ4n) is 5.03. The molecule has 1 aliphatic heterocycles. The zero-order chi connectivity index (χ0) is 33.9. The fraction of sp³-hybridized carbons (Fsp3) is 0.382. The number of aliphatic imine (C=N–C) groups is 1. The van der Waals surface area contributed by atoms with E-state index in [2.05, 4.69) is 20.9 Å². The Morgan fingerprint density at radius 2 is 1.89 bits per heavy atom. The molecule has 3 N–H and O–H groups in total. The van der Waals surface area contributed by atoms with Gasteiger partial charge >= 0.3 is 5.97 Å². The topological polar surface area (TPSA) is 167 Å². The Morgan fingerprint density at radius 1 is 1.13 bits per heavy atom. The van der Waals surface area contributed by atoms with Crippen LogP contribution in [0, 0.1) is 0 Å². The first-order chi connectivity index (χ1) is 22.5. The highest BCUT2D eigenvalue weighted by Crippen LogP contribution is 2.46. The Kier molecular flexibility index (Phi) is 12.2. The highest BCUT2D eigenvalue weighted by molar-refractivity contribution is 6.30. The van der Waals surface area contributed by atoms with Crippen LogP contribution in [-0.2, 0) is 25.5 Å². The summed E-state index contributed by atoms with van der Waals surface area (Å²) < 4.78 is 17.7. The van der Waals surface area contributed by atoms with E-state index < -0.39 is 29.1 Å². The standard InChI is InChI=1S/C34H39ClN6O6/c1-33(2,3)47-29(43)16-18-34(32(44)40-37-19-17-23-8-6-9-25(35)22-23)30(27-10-4-5-11-28(27)39-41-36)46-31(38-34)24-12-14-26(15-13-24)45-21-7-20-42/h4-6,8-15,22,30,37,42H,7,16-21H2,1-3H3,(H,40,44)/t30-,34-/m0/s1. The van der Waals surface area contributed by atoms with Crippen LogP contribution in [0.15, 0.2) is 82.9 Å². The van der Waals surface area contributed by atoms with Crippen molar-refractivity contribution in [1.82, 2.24) is 10.9 Å². The number of rotatable bonds is 15. The quantitative estimate of drug-likeness (QED) is 0.0429. The highest BCUT2D eigenvalue weighted by atomic mass is 35.5. The zero-order valence-electron chi connectivity index (χ0n) is 26.6. The lowest BCUT2D eigenvalue weighted by Crippen LogP contribution is -2.53. The van der Waals surface area contributed by atoms with E-state index in [0.717, 1.165) is 5.56 Å². The molecule has 0 aromatic heterocycles. The highest BCUT2D eigenvalue weighted by Gasteiger charge is 2.54. The smallest absolute Gasteiger partial charge is 0.306 e.